The summed E-state index contributed by atoms with van der Waals surface area (Å²) in [6.07, 6.45) is 7.47. The average Bonchev–Trinajstić information content (AvgIpc) is 3.10. The van der Waals surface area contributed by atoms with Gasteiger partial charge in [-0.05, 0) is 42.9 Å². The number of carbonyl (C=O) groups excluding carboxylic acids is 1. The maximum absolute atomic E-state index is 12.7. The first kappa shape index (κ1) is 18.3. The first-order valence-corrected chi connectivity index (χ1v) is 9.99. The van der Waals surface area contributed by atoms with Gasteiger partial charge in [0, 0.05) is 23.3 Å². The number of hydrogen-bond donors (Lipinski definition) is 2. The number of amides is 1. The first-order chi connectivity index (χ1) is 13.1. The van der Waals surface area contributed by atoms with Crippen LogP contribution in [0.3, 0.4) is 0 Å². The van der Waals surface area contributed by atoms with E-state index in [0.29, 0.717) is 29.2 Å². The Balaban J connectivity index is 1.46. The zero-order valence-corrected chi connectivity index (χ0v) is 15.9. The lowest BCUT2D eigenvalue weighted by Crippen LogP contribution is -2.40. The molecule has 1 saturated heterocycles. The van der Waals surface area contributed by atoms with Gasteiger partial charge in [0.15, 0.2) is 0 Å². The second kappa shape index (κ2) is 7.87. The fourth-order valence-electron chi connectivity index (χ4n) is 4.29. The number of fused-ring (bicyclic) bond motifs is 1. The standard InChI is InChI=1S/C21H24ClN3O2/c22-17-7-3-1-6-15(17)12-25-13-16(9-10-20(25)26)23-21(27)19-11-14-5-2-4-8-18(14)24-19/h1,3,6-7,9-10,13-14,18-19,24H,2,4-5,8,11-12H2,(H,23,27). The van der Waals surface area contributed by atoms with Crippen molar-refractivity contribution in [3.8, 4) is 0 Å². The van der Waals surface area contributed by atoms with E-state index in [4.69, 9.17) is 11.6 Å². The number of pyridine rings is 1. The molecule has 1 aromatic heterocycles. The smallest absolute Gasteiger partial charge is 0.250 e. The summed E-state index contributed by atoms with van der Waals surface area (Å²) in [5.74, 6) is 0.594. The molecule has 27 heavy (non-hydrogen) atoms. The van der Waals surface area contributed by atoms with Crippen LogP contribution in [0.5, 0.6) is 0 Å². The molecule has 4 rings (SSSR count). The summed E-state index contributed by atoms with van der Waals surface area (Å²) >= 11 is 6.20. The van der Waals surface area contributed by atoms with E-state index in [0.717, 1.165) is 18.4 Å². The Hall–Kier alpha value is -2.11. The Bertz CT molecular complexity index is 881. The second-order valence-corrected chi connectivity index (χ2v) is 7.98. The van der Waals surface area contributed by atoms with E-state index in [1.54, 1.807) is 22.9 Å². The van der Waals surface area contributed by atoms with Crippen molar-refractivity contribution in [2.45, 2.75) is 50.7 Å². The minimum Gasteiger partial charge on any atom is -0.323 e. The van der Waals surface area contributed by atoms with Crippen LogP contribution in [-0.4, -0.2) is 22.6 Å². The molecule has 0 spiro atoms. The van der Waals surface area contributed by atoms with Gasteiger partial charge < -0.3 is 15.2 Å². The summed E-state index contributed by atoms with van der Waals surface area (Å²) in [5.41, 5.74) is 1.37. The van der Waals surface area contributed by atoms with Crippen molar-refractivity contribution in [1.29, 1.82) is 0 Å². The summed E-state index contributed by atoms with van der Waals surface area (Å²) < 4.78 is 1.57. The van der Waals surface area contributed by atoms with Gasteiger partial charge in [0.25, 0.3) is 5.56 Å². The van der Waals surface area contributed by atoms with Crippen LogP contribution >= 0.6 is 11.6 Å². The minimum absolute atomic E-state index is 0.0210. The molecule has 2 aliphatic rings. The number of aromatic nitrogens is 1. The van der Waals surface area contributed by atoms with Crippen LogP contribution in [0.1, 0.15) is 37.7 Å². The minimum atomic E-state index is -0.151. The normalized spacial score (nSPS) is 24.4. The van der Waals surface area contributed by atoms with Crippen molar-refractivity contribution in [3.05, 3.63) is 63.5 Å². The molecule has 1 saturated carbocycles. The van der Waals surface area contributed by atoms with Gasteiger partial charge in [-0.3, -0.25) is 9.59 Å². The van der Waals surface area contributed by atoms with Crippen molar-refractivity contribution in [3.63, 3.8) is 0 Å². The topological polar surface area (TPSA) is 63.1 Å². The Kier molecular flexibility index (Phi) is 5.32. The van der Waals surface area contributed by atoms with Gasteiger partial charge in [-0.25, -0.2) is 0 Å². The van der Waals surface area contributed by atoms with E-state index in [9.17, 15) is 9.59 Å². The third kappa shape index (κ3) is 4.09. The lowest BCUT2D eigenvalue weighted by Gasteiger charge is -2.24. The van der Waals surface area contributed by atoms with Crippen molar-refractivity contribution in [2.24, 2.45) is 5.92 Å². The molecule has 2 N–H and O–H groups in total. The number of nitrogens with zero attached hydrogens (tertiary/aromatic N) is 1. The fraction of sp³-hybridized carbons (Fsp3) is 0.429. The highest BCUT2D eigenvalue weighted by atomic mass is 35.5. The molecule has 1 aliphatic heterocycles. The van der Waals surface area contributed by atoms with Crippen molar-refractivity contribution in [2.75, 3.05) is 5.32 Å². The molecule has 3 unspecified atom stereocenters. The molecule has 2 heterocycles. The number of anilines is 1. The lowest BCUT2D eigenvalue weighted by atomic mass is 9.85. The summed E-state index contributed by atoms with van der Waals surface area (Å²) in [6.45, 7) is 0.369. The molecule has 2 aromatic rings. The monoisotopic (exact) mass is 385 g/mol. The maximum Gasteiger partial charge on any atom is 0.250 e. The molecule has 1 amide bonds. The van der Waals surface area contributed by atoms with Gasteiger partial charge in [0.2, 0.25) is 5.91 Å². The van der Waals surface area contributed by atoms with Gasteiger partial charge in [-0.15, -0.1) is 0 Å². The number of nitrogens with one attached hydrogen (secondary N) is 2. The maximum atomic E-state index is 12.7. The van der Waals surface area contributed by atoms with Crippen LogP contribution in [0.25, 0.3) is 0 Å². The third-order valence-electron chi connectivity index (χ3n) is 5.73. The zero-order valence-electron chi connectivity index (χ0n) is 15.2. The van der Waals surface area contributed by atoms with Crippen LogP contribution in [0.15, 0.2) is 47.4 Å². The average molecular weight is 386 g/mol. The van der Waals surface area contributed by atoms with E-state index in [2.05, 4.69) is 10.6 Å². The highest BCUT2D eigenvalue weighted by molar-refractivity contribution is 6.31. The van der Waals surface area contributed by atoms with Crippen LogP contribution < -0.4 is 16.2 Å². The number of benzene rings is 1. The summed E-state index contributed by atoms with van der Waals surface area (Å²) in [7, 11) is 0. The molecular weight excluding hydrogens is 362 g/mol. The number of rotatable bonds is 4. The number of carbonyl (C=O) groups is 1. The predicted molar refractivity (Wildman–Crippen MR) is 107 cm³/mol. The SMILES string of the molecule is O=C(Nc1ccc(=O)n(Cc2ccccc2Cl)c1)C1CC2CCCCC2N1. The summed E-state index contributed by atoms with van der Waals surface area (Å²) in [5, 5.41) is 7.08. The van der Waals surface area contributed by atoms with E-state index in [1.165, 1.54) is 25.3 Å². The van der Waals surface area contributed by atoms with Crippen LogP contribution in [0.4, 0.5) is 5.69 Å². The fourth-order valence-corrected chi connectivity index (χ4v) is 4.48. The van der Waals surface area contributed by atoms with E-state index in [1.807, 2.05) is 18.2 Å². The second-order valence-electron chi connectivity index (χ2n) is 7.57. The Morgan fingerprint density at radius 1 is 1.19 bits per heavy atom. The van der Waals surface area contributed by atoms with Crippen LogP contribution in [0.2, 0.25) is 5.02 Å². The van der Waals surface area contributed by atoms with Crippen molar-refractivity contribution < 1.29 is 4.79 Å². The quantitative estimate of drug-likeness (QED) is 0.847. The lowest BCUT2D eigenvalue weighted by molar-refractivity contribution is -0.117. The molecule has 3 atom stereocenters. The van der Waals surface area contributed by atoms with Crippen LogP contribution in [0, 0.1) is 5.92 Å². The Labute approximate surface area is 163 Å². The highest BCUT2D eigenvalue weighted by Crippen LogP contribution is 2.33. The summed E-state index contributed by atoms with van der Waals surface area (Å²) in [6, 6.07) is 10.9. The van der Waals surface area contributed by atoms with E-state index < -0.39 is 0 Å². The van der Waals surface area contributed by atoms with E-state index >= 15 is 0 Å². The van der Waals surface area contributed by atoms with Crippen molar-refractivity contribution in [1.82, 2.24) is 9.88 Å². The zero-order chi connectivity index (χ0) is 18.8. The van der Waals surface area contributed by atoms with Gasteiger partial charge in [-0.1, -0.05) is 42.6 Å². The molecule has 142 valence electrons. The number of halogens is 1. The molecular formula is C21H24ClN3O2. The molecule has 0 bridgehead atoms. The van der Waals surface area contributed by atoms with Crippen molar-refractivity contribution >= 4 is 23.2 Å². The predicted octanol–water partition coefficient (Wildman–Crippen LogP) is 3.41. The highest BCUT2D eigenvalue weighted by Gasteiger charge is 2.38. The van der Waals surface area contributed by atoms with Gasteiger partial charge in [0.1, 0.15) is 0 Å². The molecule has 5 nitrogen and oxygen atoms in total. The Morgan fingerprint density at radius 3 is 2.81 bits per heavy atom. The molecule has 6 heteroatoms. The first-order valence-electron chi connectivity index (χ1n) is 9.61. The van der Waals surface area contributed by atoms with Gasteiger partial charge >= 0.3 is 0 Å². The van der Waals surface area contributed by atoms with Gasteiger partial charge in [0.05, 0.1) is 18.3 Å². The number of hydrogen-bond acceptors (Lipinski definition) is 3. The Morgan fingerprint density at radius 2 is 2.00 bits per heavy atom. The summed E-state index contributed by atoms with van der Waals surface area (Å²) in [4.78, 5) is 24.9. The molecule has 0 radical (unpaired) electrons. The molecule has 1 aromatic carbocycles. The largest absolute Gasteiger partial charge is 0.323 e. The van der Waals surface area contributed by atoms with Gasteiger partial charge in [-0.2, -0.15) is 0 Å². The third-order valence-corrected chi connectivity index (χ3v) is 6.10. The molecule has 2 fully saturated rings. The van der Waals surface area contributed by atoms with E-state index in [-0.39, 0.29) is 17.5 Å². The molecule has 1 aliphatic carbocycles. The van der Waals surface area contributed by atoms with Crippen LogP contribution in [-0.2, 0) is 11.3 Å².